The predicted molar refractivity (Wildman–Crippen MR) is 178 cm³/mol. The summed E-state index contributed by atoms with van der Waals surface area (Å²) in [6.45, 7) is 0.915. The average Bonchev–Trinajstić information content (AvgIpc) is 3.02. The van der Waals surface area contributed by atoms with Crippen LogP contribution in [-0.2, 0) is 36.9 Å². The first-order chi connectivity index (χ1) is 22.1. The number of carbonyl (C=O) groups excluding carboxylic acids is 4. The summed E-state index contributed by atoms with van der Waals surface area (Å²) >= 11 is 6.04. The summed E-state index contributed by atoms with van der Waals surface area (Å²) in [5, 5.41) is 8.64. The van der Waals surface area contributed by atoms with Crippen molar-refractivity contribution in [2.75, 3.05) is 19.7 Å². The molecule has 0 aliphatic carbocycles. The van der Waals surface area contributed by atoms with E-state index in [4.69, 9.17) is 39.3 Å². The van der Waals surface area contributed by atoms with Gasteiger partial charge in [-0.25, -0.2) is 0 Å². The molecule has 0 saturated heterocycles. The number of guanidine groups is 1. The predicted octanol–water partition coefficient (Wildman–Crippen LogP) is 1.00. The number of hydrogen-bond donors (Lipinski definition) is 7. The molecule has 3 atom stereocenters. The molecule has 46 heavy (non-hydrogen) atoms. The summed E-state index contributed by atoms with van der Waals surface area (Å²) in [5.74, 6) is -2.41. The van der Waals surface area contributed by atoms with Gasteiger partial charge in [0.25, 0.3) is 0 Å². The summed E-state index contributed by atoms with van der Waals surface area (Å²) in [5.41, 5.74) is 23.4. The number of aliphatic imine (C=N–C) groups is 1. The minimum Gasteiger partial charge on any atom is -0.374 e. The van der Waals surface area contributed by atoms with E-state index in [1.807, 2.05) is 30.3 Å². The number of nitrogens with zero attached hydrogens (tertiary/aromatic N) is 1. The molecule has 0 aliphatic heterocycles. The van der Waals surface area contributed by atoms with Crippen LogP contribution in [0.2, 0.25) is 5.02 Å². The molecule has 13 nitrogen and oxygen atoms in total. The van der Waals surface area contributed by atoms with E-state index in [2.05, 4.69) is 20.9 Å². The van der Waals surface area contributed by atoms with Crippen LogP contribution >= 0.6 is 11.6 Å². The van der Waals surface area contributed by atoms with Gasteiger partial charge in [0, 0.05) is 24.4 Å². The summed E-state index contributed by atoms with van der Waals surface area (Å²) in [6, 6.07) is 12.9. The van der Waals surface area contributed by atoms with Gasteiger partial charge in [-0.1, -0.05) is 66.9 Å². The topological polar surface area (TPSA) is 230 Å². The van der Waals surface area contributed by atoms with Gasteiger partial charge >= 0.3 is 0 Å². The number of nitrogens with one attached hydrogen (secondary N) is 3. The monoisotopic (exact) mass is 658 g/mol. The van der Waals surface area contributed by atoms with Crippen LogP contribution in [-0.4, -0.2) is 67.4 Å². The Bertz CT molecular complexity index is 1260. The molecule has 0 radical (unpaired) electrons. The van der Waals surface area contributed by atoms with Crippen molar-refractivity contribution in [2.24, 2.45) is 27.9 Å². The SMILES string of the molecule is NCCCCCCC(=O)N[C@@H](COCc1ccccc1)C(=O)N[C@H](Cc1ccc(Cl)cc1)C(=O)N[C@@H](CCCN=C(N)N)C(N)=O. The Labute approximate surface area is 275 Å². The lowest BCUT2D eigenvalue weighted by molar-refractivity contribution is -0.134. The number of ether oxygens (including phenoxy) is 1. The number of amides is 4. The third-order valence-corrected chi connectivity index (χ3v) is 7.25. The number of unbranched alkanes of at least 4 members (excludes halogenated alkanes) is 3. The maximum Gasteiger partial charge on any atom is 0.245 e. The Balaban J connectivity index is 2.19. The first-order valence-electron chi connectivity index (χ1n) is 15.4. The van der Waals surface area contributed by atoms with Crippen LogP contribution < -0.4 is 38.9 Å². The van der Waals surface area contributed by atoms with Crippen molar-refractivity contribution in [3.8, 4) is 0 Å². The molecule has 0 aliphatic rings. The highest BCUT2D eigenvalue weighted by atomic mass is 35.5. The van der Waals surface area contributed by atoms with Crippen molar-refractivity contribution in [3.05, 3.63) is 70.7 Å². The Hall–Kier alpha value is -4.20. The molecule has 14 heteroatoms. The Morgan fingerprint density at radius 2 is 1.41 bits per heavy atom. The van der Waals surface area contributed by atoms with Crippen LogP contribution in [0.5, 0.6) is 0 Å². The molecule has 2 aromatic rings. The second-order valence-corrected chi connectivity index (χ2v) is 11.3. The number of carbonyl (C=O) groups is 4. The summed E-state index contributed by atoms with van der Waals surface area (Å²) in [7, 11) is 0. The first-order valence-corrected chi connectivity index (χ1v) is 15.8. The van der Waals surface area contributed by atoms with Gasteiger partial charge in [-0.3, -0.25) is 24.2 Å². The Morgan fingerprint density at radius 1 is 0.761 bits per heavy atom. The number of hydrogen-bond acceptors (Lipinski definition) is 7. The molecule has 2 rings (SSSR count). The molecule has 0 saturated carbocycles. The normalized spacial score (nSPS) is 12.7. The van der Waals surface area contributed by atoms with Crippen LogP contribution in [0, 0.1) is 0 Å². The quantitative estimate of drug-likeness (QED) is 0.0547. The molecule has 0 unspecified atom stereocenters. The molecule has 4 amide bonds. The van der Waals surface area contributed by atoms with Gasteiger partial charge < -0.3 is 43.6 Å². The smallest absolute Gasteiger partial charge is 0.245 e. The number of primary amides is 1. The maximum absolute atomic E-state index is 13.6. The van der Waals surface area contributed by atoms with Crippen molar-refractivity contribution in [2.45, 2.75) is 76.1 Å². The van der Waals surface area contributed by atoms with E-state index in [1.54, 1.807) is 24.3 Å². The fraction of sp³-hybridized carbons (Fsp3) is 0.469. The largest absolute Gasteiger partial charge is 0.374 e. The summed E-state index contributed by atoms with van der Waals surface area (Å²) in [6.07, 6.45) is 4.12. The van der Waals surface area contributed by atoms with Crippen LogP contribution in [0.4, 0.5) is 0 Å². The molecule has 0 heterocycles. The fourth-order valence-electron chi connectivity index (χ4n) is 4.50. The molecule has 11 N–H and O–H groups in total. The van der Waals surface area contributed by atoms with E-state index in [-0.39, 0.29) is 50.9 Å². The van der Waals surface area contributed by atoms with Gasteiger partial charge in [0.1, 0.15) is 18.1 Å². The number of rotatable bonds is 22. The Morgan fingerprint density at radius 3 is 2.07 bits per heavy atom. The van der Waals surface area contributed by atoms with Gasteiger partial charge in [-0.05, 0) is 55.5 Å². The van der Waals surface area contributed by atoms with Crippen LogP contribution in [0.15, 0.2) is 59.6 Å². The van der Waals surface area contributed by atoms with Crippen LogP contribution in [0.25, 0.3) is 0 Å². The van der Waals surface area contributed by atoms with Gasteiger partial charge in [-0.15, -0.1) is 0 Å². The highest BCUT2D eigenvalue weighted by molar-refractivity contribution is 6.30. The van der Waals surface area contributed by atoms with E-state index in [9.17, 15) is 19.2 Å². The number of nitrogens with two attached hydrogens (primary N) is 4. The zero-order valence-electron chi connectivity index (χ0n) is 26.1. The van der Waals surface area contributed by atoms with Gasteiger partial charge in [0.2, 0.25) is 23.6 Å². The van der Waals surface area contributed by atoms with Crippen LogP contribution in [0.3, 0.4) is 0 Å². The minimum absolute atomic E-state index is 0.0703. The number of benzene rings is 2. The third kappa shape index (κ3) is 15.7. The molecule has 2 aromatic carbocycles. The van der Waals surface area contributed by atoms with E-state index < -0.39 is 35.8 Å². The van der Waals surface area contributed by atoms with Crippen molar-refractivity contribution in [1.82, 2.24) is 16.0 Å². The lowest BCUT2D eigenvalue weighted by atomic mass is 10.0. The van der Waals surface area contributed by atoms with Crippen molar-refractivity contribution >= 4 is 41.2 Å². The van der Waals surface area contributed by atoms with E-state index in [1.165, 1.54) is 0 Å². The van der Waals surface area contributed by atoms with Crippen molar-refractivity contribution in [3.63, 3.8) is 0 Å². The molecule has 0 bridgehead atoms. The third-order valence-electron chi connectivity index (χ3n) is 7.00. The second-order valence-electron chi connectivity index (χ2n) is 10.9. The molecule has 0 fully saturated rings. The number of halogens is 1. The van der Waals surface area contributed by atoms with Crippen LogP contribution in [0.1, 0.15) is 56.1 Å². The van der Waals surface area contributed by atoms with Crippen molar-refractivity contribution in [1.29, 1.82) is 0 Å². The maximum atomic E-state index is 13.6. The standard InChI is InChI=1S/C32H47ClN8O5/c33-24-15-13-22(14-16-24)19-26(30(44)40-25(29(35)43)11-8-18-38-32(36)37)41-31(45)27(21-46-20-23-9-4-3-5-10-23)39-28(42)12-6-1-2-7-17-34/h3-5,9-10,13-16,25-27H,1-2,6-8,11-12,17-21,34H2,(H2,35,43)(H,39,42)(H,40,44)(H,41,45)(H4,36,37,38)/t25-,26+,27-/m0/s1. The van der Waals surface area contributed by atoms with E-state index in [0.29, 0.717) is 30.0 Å². The Kier molecular flexibility index (Phi) is 17.8. The van der Waals surface area contributed by atoms with Gasteiger partial charge in [0.05, 0.1) is 13.2 Å². The summed E-state index contributed by atoms with van der Waals surface area (Å²) in [4.78, 5) is 56.0. The van der Waals surface area contributed by atoms with Gasteiger partial charge in [-0.2, -0.15) is 0 Å². The first kappa shape index (κ1) is 38.0. The lowest BCUT2D eigenvalue weighted by Gasteiger charge is -2.25. The van der Waals surface area contributed by atoms with Crippen molar-refractivity contribution < 1.29 is 23.9 Å². The van der Waals surface area contributed by atoms with Gasteiger partial charge in [0.15, 0.2) is 5.96 Å². The second kappa shape index (κ2) is 21.5. The molecular formula is C32H47ClN8O5. The molecular weight excluding hydrogens is 612 g/mol. The highest BCUT2D eigenvalue weighted by Crippen LogP contribution is 2.12. The summed E-state index contributed by atoms with van der Waals surface area (Å²) < 4.78 is 5.81. The highest BCUT2D eigenvalue weighted by Gasteiger charge is 2.29. The minimum atomic E-state index is -1.13. The molecule has 0 spiro atoms. The molecule has 0 aromatic heterocycles. The fourth-order valence-corrected chi connectivity index (χ4v) is 4.63. The lowest BCUT2D eigenvalue weighted by Crippen LogP contribution is -2.57. The average molecular weight is 659 g/mol. The zero-order chi connectivity index (χ0) is 33.7. The van der Waals surface area contributed by atoms with E-state index >= 15 is 0 Å². The molecule has 252 valence electrons. The zero-order valence-corrected chi connectivity index (χ0v) is 26.8. The van der Waals surface area contributed by atoms with E-state index in [0.717, 1.165) is 24.8 Å².